The van der Waals surface area contributed by atoms with E-state index in [1.165, 1.54) is 12.1 Å². The molecule has 2 aromatic carbocycles. The molecule has 0 aliphatic carbocycles. The molecule has 9 heteroatoms. The molecule has 0 aromatic heterocycles. The summed E-state index contributed by atoms with van der Waals surface area (Å²) >= 11 is 5.74. The van der Waals surface area contributed by atoms with Gasteiger partial charge in [-0.1, -0.05) is 30.3 Å². The lowest BCUT2D eigenvalue weighted by atomic mass is 10.1. The topological polar surface area (TPSA) is 111 Å². The van der Waals surface area contributed by atoms with Gasteiger partial charge in [-0.2, -0.15) is 5.10 Å². The largest absolute Gasteiger partial charge is 0.301 e. The van der Waals surface area contributed by atoms with Crippen LogP contribution in [-0.2, 0) is 0 Å². The molecule has 0 unspecified atom stereocenters. The molecule has 8 nitrogen and oxygen atoms in total. The molecule has 1 N–H and O–H groups in total. The van der Waals surface area contributed by atoms with Crippen LogP contribution in [0.1, 0.15) is 18.4 Å². The lowest BCUT2D eigenvalue weighted by Crippen LogP contribution is -2.06. The number of halogens is 1. The smallest absolute Gasteiger partial charge is 0.271 e. The molecule has 2 aromatic rings. The van der Waals surface area contributed by atoms with Crippen molar-refractivity contribution in [2.24, 2.45) is 5.10 Å². The fraction of sp³-hybridized carbons (Fsp3) is 0.188. The predicted octanol–water partition coefficient (Wildman–Crippen LogP) is 4.34. The minimum absolute atomic E-state index is 0.0786. The molecule has 0 fully saturated rings. The maximum absolute atomic E-state index is 11.2. The van der Waals surface area contributed by atoms with E-state index in [2.05, 4.69) is 10.5 Å². The van der Waals surface area contributed by atoms with Crippen LogP contribution in [-0.4, -0.2) is 21.4 Å². The second-order valence-electron chi connectivity index (χ2n) is 5.04. The van der Waals surface area contributed by atoms with Crippen molar-refractivity contribution in [1.82, 2.24) is 0 Å². The molecule has 0 heterocycles. The Morgan fingerprint density at radius 3 is 2.40 bits per heavy atom. The van der Waals surface area contributed by atoms with E-state index in [1.807, 2.05) is 30.3 Å². The van der Waals surface area contributed by atoms with Crippen LogP contribution in [0.3, 0.4) is 0 Å². The number of nitrogens with zero attached hydrogens (tertiary/aromatic N) is 3. The first kappa shape index (κ1) is 18.3. The summed E-state index contributed by atoms with van der Waals surface area (Å²) in [4.78, 5) is 20.6. The van der Waals surface area contributed by atoms with E-state index in [0.717, 1.165) is 11.6 Å². The highest BCUT2D eigenvalue weighted by Gasteiger charge is 2.19. The van der Waals surface area contributed by atoms with Crippen LogP contribution in [0.15, 0.2) is 53.6 Å². The first-order valence-corrected chi connectivity index (χ1v) is 7.93. The third kappa shape index (κ3) is 4.98. The van der Waals surface area contributed by atoms with Crippen LogP contribution in [0.2, 0.25) is 0 Å². The molecule has 0 saturated heterocycles. The second kappa shape index (κ2) is 8.74. The minimum Gasteiger partial charge on any atom is -0.271 e. The maximum Gasteiger partial charge on any atom is 0.301 e. The Morgan fingerprint density at radius 2 is 1.80 bits per heavy atom. The Hall–Kier alpha value is -3.00. The Kier molecular flexibility index (Phi) is 6.41. The quantitative estimate of drug-likeness (QED) is 0.325. The van der Waals surface area contributed by atoms with Gasteiger partial charge in [-0.15, -0.1) is 11.6 Å². The molecular formula is C16H15ClN4O4. The molecule has 0 saturated carbocycles. The highest BCUT2D eigenvalue weighted by atomic mass is 35.5. The Balaban J connectivity index is 2.33. The van der Waals surface area contributed by atoms with Gasteiger partial charge in [0.05, 0.1) is 21.6 Å². The summed E-state index contributed by atoms with van der Waals surface area (Å²) < 4.78 is 0. The van der Waals surface area contributed by atoms with Crippen molar-refractivity contribution in [3.63, 3.8) is 0 Å². The third-order valence-electron chi connectivity index (χ3n) is 3.35. The molecule has 25 heavy (non-hydrogen) atoms. The molecule has 0 aliphatic heterocycles. The first-order valence-electron chi connectivity index (χ1n) is 7.39. The minimum atomic E-state index is -0.689. The Labute approximate surface area is 148 Å². The fourth-order valence-corrected chi connectivity index (χ4v) is 2.27. The number of rotatable bonds is 8. The number of non-ortho nitro benzene ring substituents is 1. The predicted molar refractivity (Wildman–Crippen MR) is 96.3 cm³/mol. The lowest BCUT2D eigenvalue weighted by Gasteiger charge is -2.08. The standard InChI is InChI=1S/C16H15ClN4O4/c17-10-4-7-14(12-5-2-1-3-6-12)18-19-15-9-8-13(20(22)23)11-16(15)21(24)25/h1-3,5-6,8-9,11,19H,4,7,10H2/b18-14+. The molecule has 2 rings (SSSR count). The number of nitrogens with one attached hydrogen (secondary N) is 1. The van der Waals surface area contributed by atoms with E-state index in [1.54, 1.807) is 0 Å². The summed E-state index contributed by atoms with van der Waals surface area (Å²) in [7, 11) is 0. The number of anilines is 1. The van der Waals surface area contributed by atoms with E-state index in [-0.39, 0.29) is 11.4 Å². The van der Waals surface area contributed by atoms with Gasteiger partial charge in [-0.3, -0.25) is 25.7 Å². The Morgan fingerprint density at radius 1 is 1.08 bits per heavy atom. The SMILES string of the molecule is O=[N+]([O-])c1ccc(N/N=C(\CCCCl)c2ccccc2)c([N+](=O)[O-])c1. The number of nitro benzene ring substituents is 2. The number of nitro groups is 2. The lowest BCUT2D eigenvalue weighted by molar-refractivity contribution is -0.393. The Bertz CT molecular complexity index is 796. The fourth-order valence-electron chi connectivity index (χ4n) is 2.14. The third-order valence-corrected chi connectivity index (χ3v) is 3.62. The summed E-state index contributed by atoms with van der Waals surface area (Å²) in [5, 5.41) is 26.2. The summed E-state index contributed by atoms with van der Waals surface area (Å²) in [6.07, 6.45) is 1.28. The molecule has 0 atom stereocenters. The van der Waals surface area contributed by atoms with Crippen LogP contribution < -0.4 is 5.43 Å². The molecule has 0 radical (unpaired) electrons. The summed E-state index contributed by atoms with van der Waals surface area (Å²) in [6, 6.07) is 12.7. The van der Waals surface area contributed by atoms with Gasteiger partial charge in [0.2, 0.25) is 0 Å². The van der Waals surface area contributed by atoms with Crippen LogP contribution in [0.4, 0.5) is 17.1 Å². The normalized spacial score (nSPS) is 11.2. The van der Waals surface area contributed by atoms with Gasteiger partial charge in [-0.25, -0.2) is 0 Å². The van der Waals surface area contributed by atoms with Crippen molar-refractivity contribution >= 4 is 34.4 Å². The van der Waals surface area contributed by atoms with E-state index in [9.17, 15) is 20.2 Å². The highest BCUT2D eigenvalue weighted by Crippen LogP contribution is 2.29. The van der Waals surface area contributed by atoms with Crippen molar-refractivity contribution < 1.29 is 9.85 Å². The van der Waals surface area contributed by atoms with Crippen molar-refractivity contribution in [3.05, 3.63) is 74.3 Å². The molecule has 0 bridgehead atoms. The van der Waals surface area contributed by atoms with Gasteiger partial charge >= 0.3 is 5.69 Å². The van der Waals surface area contributed by atoms with Crippen LogP contribution in [0.25, 0.3) is 0 Å². The molecule has 0 spiro atoms. The van der Waals surface area contributed by atoms with Crippen LogP contribution in [0.5, 0.6) is 0 Å². The zero-order valence-corrected chi connectivity index (χ0v) is 13.8. The molecule has 0 amide bonds. The van der Waals surface area contributed by atoms with Gasteiger partial charge in [0.1, 0.15) is 5.69 Å². The second-order valence-corrected chi connectivity index (χ2v) is 5.42. The van der Waals surface area contributed by atoms with Gasteiger partial charge < -0.3 is 0 Å². The molecule has 0 aliphatic rings. The molecular weight excluding hydrogens is 348 g/mol. The van der Waals surface area contributed by atoms with Gasteiger partial charge in [0.15, 0.2) is 0 Å². The number of alkyl halides is 1. The number of hydrazone groups is 1. The zero-order valence-electron chi connectivity index (χ0n) is 13.1. The van der Waals surface area contributed by atoms with Crippen molar-refractivity contribution in [3.8, 4) is 0 Å². The number of hydrogen-bond acceptors (Lipinski definition) is 6. The van der Waals surface area contributed by atoms with E-state index in [4.69, 9.17) is 11.6 Å². The number of benzene rings is 2. The van der Waals surface area contributed by atoms with Gasteiger partial charge in [-0.05, 0) is 24.5 Å². The highest BCUT2D eigenvalue weighted by molar-refractivity contribution is 6.18. The van der Waals surface area contributed by atoms with Gasteiger partial charge in [0.25, 0.3) is 5.69 Å². The average Bonchev–Trinajstić information content (AvgIpc) is 2.62. The number of hydrogen-bond donors (Lipinski definition) is 1. The van der Waals surface area contributed by atoms with Crippen molar-refractivity contribution in [2.45, 2.75) is 12.8 Å². The monoisotopic (exact) mass is 362 g/mol. The van der Waals surface area contributed by atoms with Crippen LogP contribution in [0, 0.1) is 20.2 Å². The summed E-state index contributed by atoms with van der Waals surface area (Å²) in [6.45, 7) is 0. The zero-order chi connectivity index (χ0) is 18.2. The van der Waals surface area contributed by atoms with E-state index < -0.39 is 15.5 Å². The van der Waals surface area contributed by atoms with E-state index in [0.29, 0.717) is 24.4 Å². The molecule has 130 valence electrons. The first-order chi connectivity index (χ1) is 12.0. The van der Waals surface area contributed by atoms with Crippen LogP contribution >= 0.6 is 11.6 Å². The van der Waals surface area contributed by atoms with Crippen molar-refractivity contribution in [1.29, 1.82) is 0 Å². The summed E-state index contributed by atoms with van der Waals surface area (Å²) in [5.74, 6) is 0.462. The average molecular weight is 363 g/mol. The summed E-state index contributed by atoms with van der Waals surface area (Å²) in [5.41, 5.74) is 3.51. The maximum atomic E-state index is 11.2. The van der Waals surface area contributed by atoms with Gasteiger partial charge in [0, 0.05) is 11.9 Å². The van der Waals surface area contributed by atoms with Crippen molar-refractivity contribution in [2.75, 3.05) is 11.3 Å². The van der Waals surface area contributed by atoms with E-state index >= 15 is 0 Å².